The van der Waals surface area contributed by atoms with Gasteiger partial charge in [0, 0.05) is 44.2 Å². The van der Waals surface area contributed by atoms with Crippen molar-refractivity contribution in [3.8, 4) is 11.5 Å². The van der Waals surface area contributed by atoms with Gasteiger partial charge in [-0.3, -0.25) is 4.79 Å². The number of piperazine rings is 1. The average molecular weight is 488 g/mol. The molecular formula is C29H33N3O4. The highest BCUT2D eigenvalue weighted by Gasteiger charge is 2.25. The molecule has 36 heavy (non-hydrogen) atoms. The Morgan fingerprint density at radius 3 is 1.89 bits per heavy atom. The van der Waals surface area contributed by atoms with Crippen molar-refractivity contribution in [3.63, 3.8) is 0 Å². The Hall–Kier alpha value is -4.00. The van der Waals surface area contributed by atoms with Gasteiger partial charge in [0.05, 0.1) is 14.2 Å². The first kappa shape index (κ1) is 25.1. The quantitative estimate of drug-likeness (QED) is 0.512. The van der Waals surface area contributed by atoms with Gasteiger partial charge in [-0.25, -0.2) is 4.79 Å². The number of nitrogens with zero attached hydrogens (tertiary/aromatic N) is 2. The van der Waals surface area contributed by atoms with E-state index < -0.39 is 0 Å². The van der Waals surface area contributed by atoms with E-state index in [-0.39, 0.29) is 17.9 Å². The first-order valence-electron chi connectivity index (χ1n) is 12.2. The molecule has 188 valence electrons. The van der Waals surface area contributed by atoms with Gasteiger partial charge in [-0.15, -0.1) is 0 Å². The highest BCUT2D eigenvalue weighted by Crippen LogP contribution is 2.29. The monoisotopic (exact) mass is 487 g/mol. The van der Waals surface area contributed by atoms with E-state index in [4.69, 9.17) is 9.47 Å². The van der Waals surface area contributed by atoms with Crippen LogP contribution in [0.3, 0.4) is 0 Å². The number of ether oxygens (including phenoxy) is 2. The fraction of sp³-hybridized carbons (Fsp3) is 0.310. The zero-order valence-electron chi connectivity index (χ0n) is 20.9. The lowest BCUT2D eigenvalue weighted by atomic mass is 9.88. The van der Waals surface area contributed by atoms with Gasteiger partial charge in [0.1, 0.15) is 0 Å². The summed E-state index contributed by atoms with van der Waals surface area (Å²) < 4.78 is 10.6. The van der Waals surface area contributed by atoms with Crippen LogP contribution in [0.5, 0.6) is 11.5 Å². The number of hydrogen-bond donors (Lipinski definition) is 1. The predicted molar refractivity (Wildman–Crippen MR) is 140 cm³/mol. The number of amides is 3. The van der Waals surface area contributed by atoms with Crippen LogP contribution < -0.4 is 14.8 Å². The lowest BCUT2D eigenvalue weighted by molar-refractivity contribution is 0.0664. The molecular weight excluding hydrogens is 454 g/mol. The second kappa shape index (κ2) is 12.1. The lowest BCUT2D eigenvalue weighted by Crippen LogP contribution is -2.53. The van der Waals surface area contributed by atoms with E-state index in [1.165, 1.54) is 11.1 Å². The molecule has 0 aromatic heterocycles. The Balaban J connectivity index is 1.29. The van der Waals surface area contributed by atoms with Crippen molar-refractivity contribution in [2.45, 2.75) is 12.3 Å². The molecule has 1 saturated heterocycles. The molecule has 1 aliphatic rings. The molecule has 0 radical (unpaired) electrons. The van der Waals surface area contributed by atoms with Gasteiger partial charge in [0.15, 0.2) is 11.5 Å². The van der Waals surface area contributed by atoms with E-state index in [1.807, 2.05) is 36.4 Å². The van der Waals surface area contributed by atoms with Crippen molar-refractivity contribution in [2.75, 3.05) is 46.9 Å². The Labute approximate surface area is 212 Å². The van der Waals surface area contributed by atoms with Crippen LogP contribution in [0.4, 0.5) is 4.79 Å². The standard InChI is InChI=1S/C29H33N3O4/c1-35-26-14-13-24(21-27(26)36-2)28(33)31-17-19-32(20-18-31)29(34)30-16-15-25(22-9-5-3-6-10-22)23-11-7-4-8-12-23/h3-14,21,25H,15-20H2,1-2H3,(H,30,34). The first-order chi connectivity index (χ1) is 17.6. The molecule has 4 rings (SSSR count). The van der Waals surface area contributed by atoms with E-state index in [0.717, 1.165) is 6.42 Å². The van der Waals surface area contributed by atoms with Crippen LogP contribution in [0, 0.1) is 0 Å². The molecule has 3 amide bonds. The average Bonchev–Trinajstić information content (AvgIpc) is 2.95. The maximum atomic E-state index is 13.0. The minimum atomic E-state index is -0.0897. The van der Waals surface area contributed by atoms with Crippen LogP contribution in [0.15, 0.2) is 78.9 Å². The van der Waals surface area contributed by atoms with E-state index in [0.29, 0.717) is 49.8 Å². The van der Waals surface area contributed by atoms with Crippen molar-refractivity contribution in [3.05, 3.63) is 95.6 Å². The lowest BCUT2D eigenvalue weighted by Gasteiger charge is -2.35. The normalized spacial score (nSPS) is 13.4. The van der Waals surface area contributed by atoms with Gasteiger partial charge < -0.3 is 24.6 Å². The second-order valence-corrected chi connectivity index (χ2v) is 8.74. The number of hydrogen-bond acceptors (Lipinski definition) is 4. The highest BCUT2D eigenvalue weighted by atomic mass is 16.5. The fourth-order valence-electron chi connectivity index (χ4n) is 4.60. The highest BCUT2D eigenvalue weighted by molar-refractivity contribution is 5.95. The van der Waals surface area contributed by atoms with E-state index in [2.05, 4.69) is 29.6 Å². The molecule has 0 spiro atoms. The third-order valence-electron chi connectivity index (χ3n) is 6.60. The zero-order chi connectivity index (χ0) is 25.3. The molecule has 0 aliphatic carbocycles. The summed E-state index contributed by atoms with van der Waals surface area (Å²) in [6.07, 6.45) is 0.803. The van der Waals surface area contributed by atoms with Crippen LogP contribution in [-0.2, 0) is 0 Å². The molecule has 0 saturated carbocycles. The van der Waals surface area contributed by atoms with Gasteiger partial charge in [-0.1, -0.05) is 60.7 Å². The van der Waals surface area contributed by atoms with E-state index >= 15 is 0 Å². The predicted octanol–water partition coefficient (Wildman–Crippen LogP) is 4.39. The van der Waals surface area contributed by atoms with Crippen molar-refractivity contribution >= 4 is 11.9 Å². The summed E-state index contributed by atoms with van der Waals surface area (Å²) in [6.45, 7) is 2.52. The maximum Gasteiger partial charge on any atom is 0.317 e. The molecule has 0 bridgehead atoms. The number of benzene rings is 3. The van der Waals surface area contributed by atoms with Gasteiger partial charge in [-0.05, 0) is 35.7 Å². The van der Waals surface area contributed by atoms with Crippen LogP contribution in [0.2, 0.25) is 0 Å². The summed E-state index contributed by atoms with van der Waals surface area (Å²) in [5.41, 5.74) is 3.01. The van der Waals surface area contributed by atoms with Crippen molar-refractivity contribution in [2.24, 2.45) is 0 Å². The number of carbonyl (C=O) groups is 2. The molecule has 3 aromatic rings. The second-order valence-electron chi connectivity index (χ2n) is 8.74. The molecule has 7 heteroatoms. The summed E-state index contributed by atoms with van der Waals surface area (Å²) in [5.74, 6) is 1.23. The van der Waals surface area contributed by atoms with Crippen molar-refractivity contribution < 1.29 is 19.1 Å². The Bertz CT molecular complexity index is 1110. The molecule has 1 aliphatic heterocycles. The van der Waals surface area contributed by atoms with Gasteiger partial charge >= 0.3 is 6.03 Å². The van der Waals surface area contributed by atoms with Crippen molar-refractivity contribution in [1.82, 2.24) is 15.1 Å². The van der Waals surface area contributed by atoms with Crippen LogP contribution in [-0.4, -0.2) is 68.7 Å². The van der Waals surface area contributed by atoms with Crippen LogP contribution in [0.25, 0.3) is 0 Å². The third kappa shape index (κ3) is 5.97. The molecule has 0 atom stereocenters. The summed E-state index contributed by atoms with van der Waals surface area (Å²) in [5, 5.41) is 3.08. The number of nitrogens with one attached hydrogen (secondary N) is 1. The van der Waals surface area contributed by atoms with E-state index in [1.54, 1.807) is 42.2 Å². The molecule has 1 fully saturated rings. The summed E-state index contributed by atoms with van der Waals surface area (Å²) in [4.78, 5) is 29.4. The van der Waals surface area contributed by atoms with Crippen LogP contribution in [0.1, 0.15) is 33.8 Å². The molecule has 1 N–H and O–H groups in total. The molecule has 3 aromatic carbocycles. The van der Waals surface area contributed by atoms with Gasteiger partial charge in [-0.2, -0.15) is 0 Å². The first-order valence-corrected chi connectivity index (χ1v) is 12.2. The number of carbonyl (C=O) groups excluding carboxylic acids is 2. The largest absolute Gasteiger partial charge is 0.493 e. The minimum absolute atomic E-state index is 0.0791. The zero-order valence-corrected chi connectivity index (χ0v) is 20.9. The number of rotatable bonds is 8. The summed E-state index contributed by atoms with van der Waals surface area (Å²) in [7, 11) is 3.11. The SMILES string of the molecule is COc1ccc(C(=O)N2CCN(C(=O)NCCC(c3ccccc3)c3ccccc3)CC2)cc1OC. The summed E-state index contributed by atoms with van der Waals surface area (Å²) in [6, 6.07) is 25.8. The van der Waals surface area contributed by atoms with Gasteiger partial charge in [0.2, 0.25) is 0 Å². The Morgan fingerprint density at radius 2 is 1.33 bits per heavy atom. The Kier molecular flexibility index (Phi) is 8.44. The molecule has 7 nitrogen and oxygen atoms in total. The van der Waals surface area contributed by atoms with Gasteiger partial charge in [0.25, 0.3) is 5.91 Å². The summed E-state index contributed by atoms with van der Waals surface area (Å²) >= 11 is 0. The minimum Gasteiger partial charge on any atom is -0.493 e. The van der Waals surface area contributed by atoms with E-state index in [9.17, 15) is 9.59 Å². The topological polar surface area (TPSA) is 71.1 Å². The maximum absolute atomic E-state index is 13.0. The fourth-order valence-corrected chi connectivity index (χ4v) is 4.60. The smallest absolute Gasteiger partial charge is 0.317 e. The number of urea groups is 1. The Morgan fingerprint density at radius 1 is 0.778 bits per heavy atom. The molecule has 0 unspecified atom stereocenters. The molecule has 1 heterocycles. The van der Waals surface area contributed by atoms with Crippen LogP contribution >= 0.6 is 0 Å². The van der Waals surface area contributed by atoms with Crippen molar-refractivity contribution in [1.29, 1.82) is 0 Å². The number of methoxy groups -OCH3 is 2. The third-order valence-corrected chi connectivity index (χ3v) is 6.60.